The highest BCUT2D eigenvalue weighted by molar-refractivity contribution is 7.92. The van der Waals surface area contributed by atoms with E-state index in [9.17, 15) is 8.42 Å². The lowest BCUT2D eigenvalue weighted by atomic mass is 10.2. The summed E-state index contributed by atoms with van der Waals surface area (Å²) in [6.45, 7) is 5.67. The average molecular weight is 466 g/mol. The molecule has 2 heterocycles. The van der Waals surface area contributed by atoms with E-state index in [0.717, 1.165) is 17.0 Å². The number of sulfonamides is 1. The first-order chi connectivity index (χ1) is 15.7. The highest BCUT2D eigenvalue weighted by Crippen LogP contribution is 2.28. The number of aryl methyl sites for hydroxylation is 3. The molecule has 2 aromatic heterocycles. The van der Waals surface area contributed by atoms with Crippen molar-refractivity contribution in [2.24, 2.45) is 0 Å². The van der Waals surface area contributed by atoms with Crippen molar-refractivity contribution < 1.29 is 17.9 Å². The van der Waals surface area contributed by atoms with E-state index in [1.54, 1.807) is 53.2 Å². The summed E-state index contributed by atoms with van der Waals surface area (Å²) in [6, 6.07) is 15.1. The maximum atomic E-state index is 12.9. The molecule has 0 saturated heterocycles. The lowest BCUT2D eigenvalue weighted by Crippen LogP contribution is -2.14. The molecular weight excluding hydrogens is 442 g/mol. The molecule has 0 aliphatic carbocycles. The van der Waals surface area contributed by atoms with Gasteiger partial charge in [0.25, 0.3) is 10.0 Å². The normalized spacial score (nSPS) is 11.3. The van der Waals surface area contributed by atoms with Crippen LogP contribution in [0.5, 0.6) is 17.4 Å². The number of hydrogen-bond acceptors (Lipinski definition) is 7. The third-order valence-corrected chi connectivity index (χ3v) is 6.19. The summed E-state index contributed by atoms with van der Waals surface area (Å²) in [4.78, 5) is 8.47. The first-order valence-electron chi connectivity index (χ1n) is 10.1. The van der Waals surface area contributed by atoms with Crippen molar-refractivity contribution in [1.29, 1.82) is 0 Å². The van der Waals surface area contributed by atoms with Gasteiger partial charge in [-0.05, 0) is 68.8 Å². The second kappa shape index (κ2) is 8.91. The molecule has 0 spiro atoms. The number of nitrogens with zero attached hydrogens (tertiary/aromatic N) is 4. The van der Waals surface area contributed by atoms with Crippen LogP contribution in [0, 0.1) is 20.8 Å². The Bertz CT molecular complexity index is 1400. The van der Waals surface area contributed by atoms with Crippen LogP contribution in [0.2, 0.25) is 0 Å². The molecule has 0 saturated carbocycles. The van der Waals surface area contributed by atoms with Gasteiger partial charge in [0.15, 0.2) is 5.82 Å². The fraction of sp³-hybridized carbons (Fsp3) is 0.174. The largest absolute Gasteiger partial charge is 0.495 e. The molecule has 0 aliphatic heterocycles. The lowest BCUT2D eigenvalue weighted by Gasteiger charge is -2.13. The molecule has 33 heavy (non-hydrogen) atoms. The minimum atomic E-state index is -3.83. The zero-order chi connectivity index (χ0) is 23.6. The zero-order valence-electron chi connectivity index (χ0n) is 18.6. The van der Waals surface area contributed by atoms with Crippen LogP contribution in [0.25, 0.3) is 5.82 Å². The molecular formula is C23H23N5O4S. The van der Waals surface area contributed by atoms with Crippen molar-refractivity contribution in [2.45, 2.75) is 25.7 Å². The van der Waals surface area contributed by atoms with Gasteiger partial charge in [-0.3, -0.25) is 4.72 Å². The van der Waals surface area contributed by atoms with Crippen LogP contribution in [0.3, 0.4) is 0 Å². The molecule has 1 N–H and O–H groups in total. The third-order valence-electron chi connectivity index (χ3n) is 4.79. The quantitative estimate of drug-likeness (QED) is 0.436. The van der Waals surface area contributed by atoms with Gasteiger partial charge in [0.05, 0.1) is 12.8 Å². The number of rotatable bonds is 7. The molecule has 0 bridgehead atoms. The molecule has 0 aliphatic rings. The summed E-state index contributed by atoms with van der Waals surface area (Å²) < 4.78 is 41.0. The number of nitrogens with one attached hydrogen (secondary N) is 1. The Kier molecular flexibility index (Phi) is 6.01. The molecule has 170 valence electrons. The summed E-state index contributed by atoms with van der Waals surface area (Å²) in [5.74, 6) is 1.69. The Balaban J connectivity index is 1.51. The topological polar surface area (TPSA) is 108 Å². The molecule has 0 unspecified atom stereocenters. The number of ether oxygens (including phenoxy) is 2. The maximum absolute atomic E-state index is 12.9. The molecule has 0 amide bonds. The predicted molar refractivity (Wildman–Crippen MR) is 124 cm³/mol. The SMILES string of the molecule is COc1ccc(C)cc1S(=O)(=O)Nc1ccc(Oc2cc(-n3nc(C)cc3C)ncn2)cc1. The Morgan fingerprint density at radius 1 is 0.939 bits per heavy atom. The van der Waals surface area contributed by atoms with E-state index < -0.39 is 10.0 Å². The second-order valence-corrected chi connectivity index (χ2v) is 9.09. The first-order valence-corrected chi connectivity index (χ1v) is 11.5. The summed E-state index contributed by atoms with van der Waals surface area (Å²) in [5, 5.41) is 4.41. The van der Waals surface area contributed by atoms with Gasteiger partial charge in [-0.25, -0.2) is 23.1 Å². The van der Waals surface area contributed by atoms with Crippen LogP contribution in [-0.2, 0) is 10.0 Å². The fourth-order valence-corrected chi connectivity index (χ4v) is 4.59. The summed E-state index contributed by atoms with van der Waals surface area (Å²) in [7, 11) is -2.40. The molecule has 4 rings (SSSR count). The predicted octanol–water partition coefficient (Wildman–Crippen LogP) is 4.19. The average Bonchev–Trinajstić information content (AvgIpc) is 3.13. The minimum Gasteiger partial charge on any atom is -0.495 e. The molecule has 4 aromatic rings. The van der Waals surface area contributed by atoms with Crippen LogP contribution in [0.15, 0.2) is 65.8 Å². The molecule has 0 fully saturated rings. The highest BCUT2D eigenvalue weighted by atomic mass is 32.2. The van der Waals surface area contributed by atoms with Crippen molar-refractivity contribution in [3.63, 3.8) is 0 Å². The van der Waals surface area contributed by atoms with Crippen molar-refractivity contribution >= 4 is 15.7 Å². The number of anilines is 1. The molecule has 10 heteroatoms. The van der Waals surface area contributed by atoms with Crippen LogP contribution in [0.4, 0.5) is 5.69 Å². The molecule has 0 radical (unpaired) electrons. The van der Waals surface area contributed by atoms with Crippen LogP contribution >= 0.6 is 0 Å². The minimum absolute atomic E-state index is 0.0722. The van der Waals surface area contributed by atoms with Gasteiger partial charge in [-0.15, -0.1) is 0 Å². The van der Waals surface area contributed by atoms with E-state index in [4.69, 9.17) is 9.47 Å². The number of methoxy groups -OCH3 is 1. The van der Waals surface area contributed by atoms with Gasteiger partial charge < -0.3 is 9.47 Å². The van der Waals surface area contributed by atoms with Crippen molar-refractivity contribution in [2.75, 3.05) is 11.8 Å². The lowest BCUT2D eigenvalue weighted by molar-refractivity contribution is 0.402. The first kappa shape index (κ1) is 22.3. The van der Waals surface area contributed by atoms with Gasteiger partial charge in [0, 0.05) is 17.4 Å². The molecule has 0 atom stereocenters. The Labute approximate surface area is 192 Å². The van der Waals surface area contributed by atoms with E-state index >= 15 is 0 Å². The van der Waals surface area contributed by atoms with Gasteiger partial charge in [0.1, 0.15) is 22.7 Å². The van der Waals surface area contributed by atoms with Crippen molar-refractivity contribution in [1.82, 2.24) is 19.7 Å². The van der Waals surface area contributed by atoms with Crippen molar-refractivity contribution in [3.8, 4) is 23.2 Å². The molecule has 9 nitrogen and oxygen atoms in total. The zero-order valence-corrected chi connectivity index (χ0v) is 19.4. The third kappa shape index (κ3) is 4.96. The van der Waals surface area contributed by atoms with E-state index in [-0.39, 0.29) is 10.6 Å². The fourth-order valence-electron chi connectivity index (χ4n) is 3.28. The Morgan fingerprint density at radius 3 is 2.36 bits per heavy atom. The number of hydrogen-bond donors (Lipinski definition) is 1. The smallest absolute Gasteiger partial charge is 0.265 e. The van der Waals surface area contributed by atoms with E-state index in [1.165, 1.54) is 13.4 Å². The van der Waals surface area contributed by atoms with Crippen molar-refractivity contribution in [3.05, 3.63) is 77.9 Å². The Morgan fingerprint density at radius 2 is 1.70 bits per heavy atom. The summed E-state index contributed by atoms with van der Waals surface area (Å²) >= 11 is 0. The van der Waals surface area contributed by atoms with E-state index in [0.29, 0.717) is 23.1 Å². The van der Waals surface area contributed by atoms with Gasteiger partial charge in [-0.2, -0.15) is 5.10 Å². The Hall–Kier alpha value is -3.92. The van der Waals surface area contributed by atoms with E-state index in [1.807, 2.05) is 26.8 Å². The second-order valence-electron chi connectivity index (χ2n) is 7.44. The van der Waals surface area contributed by atoms with Gasteiger partial charge >= 0.3 is 0 Å². The molecule has 2 aromatic carbocycles. The van der Waals surface area contributed by atoms with Gasteiger partial charge in [-0.1, -0.05) is 6.07 Å². The van der Waals surface area contributed by atoms with Crippen LogP contribution < -0.4 is 14.2 Å². The van der Waals surface area contributed by atoms with E-state index in [2.05, 4.69) is 19.8 Å². The highest BCUT2D eigenvalue weighted by Gasteiger charge is 2.20. The monoisotopic (exact) mass is 465 g/mol. The van der Waals surface area contributed by atoms with Crippen LogP contribution in [-0.4, -0.2) is 35.3 Å². The summed E-state index contributed by atoms with van der Waals surface area (Å²) in [6.07, 6.45) is 1.40. The number of benzene rings is 2. The standard InChI is InChI=1S/C23H23N5O4S/c1-15-5-10-20(31-4)21(11-15)33(29,30)27-18-6-8-19(9-7-18)32-23-13-22(24-14-25-23)28-17(3)12-16(2)26-28/h5-14,27H,1-4H3. The van der Waals surface area contributed by atoms with Crippen LogP contribution in [0.1, 0.15) is 17.0 Å². The maximum Gasteiger partial charge on any atom is 0.265 e. The van der Waals surface area contributed by atoms with Gasteiger partial charge in [0.2, 0.25) is 5.88 Å². The summed E-state index contributed by atoms with van der Waals surface area (Å²) in [5.41, 5.74) is 3.02. The number of aromatic nitrogens is 4.